The van der Waals surface area contributed by atoms with Gasteiger partial charge in [0, 0.05) is 11.5 Å². The molecule has 6 heteroatoms. The minimum atomic E-state index is -0.186. The van der Waals surface area contributed by atoms with Gasteiger partial charge in [-0.2, -0.15) is 0 Å². The molecule has 2 aromatic carbocycles. The van der Waals surface area contributed by atoms with E-state index in [-0.39, 0.29) is 11.9 Å². The van der Waals surface area contributed by atoms with E-state index < -0.39 is 0 Å². The summed E-state index contributed by atoms with van der Waals surface area (Å²) in [6, 6.07) is 13.0. The van der Waals surface area contributed by atoms with Crippen molar-refractivity contribution in [1.29, 1.82) is 0 Å². The summed E-state index contributed by atoms with van der Waals surface area (Å²) < 4.78 is 16.4. The van der Waals surface area contributed by atoms with Gasteiger partial charge in [0.1, 0.15) is 19.0 Å². The average molecular weight is 378 g/mol. The minimum absolute atomic E-state index is 0.162. The molecule has 2 heterocycles. The molecule has 6 nitrogen and oxygen atoms in total. The summed E-state index contributed by atoms with van der Waals surface area (Å²) in [6.45, 7) is 4.86. The second-order valence-electron chi connectivity index (χ2n) is 6.78. The Hall–Kier alpha value is -3.28. The number of ether oxygens (including phenoxy) is 3. The summed E-state index contributed by atoms with van der Waals surface area (Å²) in [6.07, 6.45) is 0. The first-order valence-corrected chi connectivity index (χ1v) is 9.21. The quantitative estimate of drug-likeness (QED) is 0.748. The minimum Gasteiger partial charge on any atom is -0.497 e. The lowest BCUT2D eigenvalue weighted by Gasteiger charge is -2.21. The number of hydrogen-bond donors (Lipinski definition) is 1. The summed E-state index contributed by atoms with van der Waals surface area (Å²) >= 11 is 0. The molecule has 3 aromatic rings. The number of methoxy groups -OCH3 is 1. The van der Waals surface area contributed by atoms with Gasteiger partial charge in [-0.15, -0.1) is 0 Å². The molecular formula is C22H22N2O4. The summed E-state index contributed by atoms with van der Waals surface area (Å²) in [5.41, 5.74) is 2.98. The first kappa shape index (κ1) is 18.1. The average Bonchev–Trinajstić information content (AvgIpc) is 2.72. The zero-order chi connectivity index (χ0) is 19.7. The number of fused-ring (bicyclic) bond motifs is 2. The Balaban J connectivity index is 1.56. The number of nitrogens with zero attached hydrogens (tertiary/aromatic N) is 1. The molecule has 0 fully saturated rings. The smallest absolute Gasteiger partial charge is 0.253 e. The van der Waals surface area contributed by atoms with Crippen LogP contribution in [0.15, 0.2) is 42.5 Å². The lowest BCUT2D eigenvalue weighted by molar-refractivity contribution is 0.0939. The van der Waals surface area contributed by atoms with Crippen LogP contribution in [0, 0.1) is 6.92 Å². The van der Waals surface area contributed by atoms with E-state index in [9.17, 15) is 4.79 Å². The Morgan fingerprint density at radius 1 is 1.11 bits per heavy atom. The highest BCUT2D eigenvalue weighted by Crippen LogP contribution is 2.32. The molecule has 1 unspecified atom stereocenters. The van der Waals surface area contributed by atoms with Crippen LogP contribution in [-0.2, 0) is 0 Å². The fourth-order valence-corrected chi connectivity index (χ4v) is 3.29. The van der Waals surface area contributed by atoms with Crippen LogP contribution in [0.1, 0.15) is 34.6 Å². The predicted octanol–water partition coefficient (Wildman–Crippen LogP) is 3.81. The van der Waals surface area contributed by atoms with Gasteiger partial charge in [-0.25, -0.2) is 0 Å². The van der Waals surface area contributed by atoms with Crippen molar-refractivity contribution < 1.29 is 19.0 Å². The molecular weight excluding hydrogens is 356 g/mol. The Bertz CT molecular complexity index is 1050. The zero-order valence-corrected chi connectivity index (χ0v) is 16.1. The van der Waals surface area contributed by atoms with Gasteiger partial charge in [0.05, 0.1) is 29.9 Å². The molecule has 0 saturated carbocycles. The van der Waals surface area contributed by atoms with Crippen LogP contribution in [0.4, 0.5) is 0 Å². The Morgan fingerprint density at radius 2 is 1.89 bits per heavy atom. The molecule has 1 amide bonds. The molecule has 28 heavy (non-hydrogen) atoms. The summed E-state index contributed by atoms with van der Waals surface area (Å²) in [5, 5.41) is 3.94. The first-order chi connectivity index (χ1) is 13.5. The number of hydrogen-bond acceptors (Lipinski definition) is 5. The van der Waals surface area contributed by atoms with Crippen molar-refractivity contribution >= 4 is 16.8 Å². The number of amides is 1. The first-order valence-electron chi connectivity index (χ1n) is 9.21. The van der Waals surface area contributed by atoms with Crippen LogP contribution in [0.25, 0.3) is 10.9 Å². The van der Waals surface area contributed by atoms with Crippen LogP contribution < -0.4 is 19.5 Å². The number of rotatable bonds is 4. The number of carbonyl (C=O) groups excluding carboxylic acids is 1. The van der Waals surface area contributed by atoms with E-state index in [4.69, 9.17) is 14.2 Å². The standard InChI is InChI=1S/C22H22N2O4/c1-13(15-5-7-20-21(11-15)28-9-8-27-20)24-22(25)18-10-16-4-6-17(26-3)12-19(16)23-14(18)2/h4-7,10-13H,8-9H2,1-3H3,(H,24,25). The molecule has 1 atom stereocenters. The maximum absolute atomic E-state index is 12.9. The molecule has 0 saturated heterocycles. The van der Waals surface area contributed by atoms with Gasteiger partial charge in [0.15, 0.2) is 11.5 Å². The largest absolute Gasteiger partial charge is 0.497 e. The van der Waals surface area contributed by atoms with Gasteiger partial charge in [-0.1, -0.05) is 6.07 Å². The maximum atomic E-state index is 12.9. The lowest BCUT2D eigenvalue weighted by Crippen LogP contribution is -2.27. The van der Waals surface area contributed by atoms with Gasteiger partial charge < -0.3 is 19.5 Å². The lowest BCUT2D eigenvalue weighted by atomic mass is 10.1. The van der Waals surface area contributed by atoms with Gasteiger partial charge in [-0.3, -0.25) is 9.78 Å². The molecule has 1 aromatic heterocycles. The van der Waals surface area contributed by atoms with Crippen LogP contribution >= 0.6 is 0 Å². The number of carbonyl (C=O) groups is 1. The molecule has 0 bridgehead atoms. The second kappa shape index (κ2) is 7.38. The molecule has 1 N–H and O–H groups in total. The Kier molecular flexibility index (Phi) is 4.77. The molecule has 144 valence electrons. The van der Waals surface area contributed by atoms with Gasteiger partial charge in [0.25, 0.3) is 5.91 Å². The fraction of sp³-hybridized carbons (Fsp3) is 0.273. The van der Waals surface area contributed by atoms with Gasteiger partial charge in [0.2, 0.25) is 0 Å². The zero-order valence-electron chi connectivity index (χ0n) is 16.1. The van der Waals surface area contributed by atoms with E-state index >= 15 is 0 Å². The van der Waals surface area contributed by atoms with E-state index in [2.05, 4.69) is 10.3 Å². The number of aromatic nitrogens is 1. The highest BCUT2D eigenvalue weighted by molar-refractivity contribution is 5.99. The molecule has 0 radical (unpaired) electrons. The maximum Gasteiger partial charge on any atom is 0.253 e. The van der Waals surface area contributed by atoms with E-state index in [1.165, 1.54) is 0 Å². The van der Waals surface area contributed by atoms with E-state index in [1.807, 2.05) is 56.3 Å². The number of benzene rings is 2. The molecule has 0 spiro atoms. The van der Waals surface area contributed by atoms with Crippen molar-refractivity contribution in [2.24, 2.45) is 0 Å². The van der Waals surface area contributed by atoms with Crippen molar-refractivity contribution in [2.45, 2.75) is 19.9 Å². The van der Waals surface area contributed by atoms with Crippen molar-refractivity contribution in [2.75, 3.05) is 20.3 Å². The number of nitrogens with one attached hydrogen (secondary N) is 1. The van der Waals surface area contributed by atoms with Crippen molar-refractivity contribution in [3.63, 3.8) is 0 Å². The third kappa shape index (κ3) is 3.45. The number of aryl methyl sites for hydroxylation is 1. The molecule has 1 aliphatic heterocycles. The SMILES string of the molecule is COc1ccc2cc(C(=O)NC(C)c3ccc4c(c3)OCCO4)c(C)nc2c1. The molecule has 0 aliphatic carbocycles. The summed E-state index contributed by atoms with van der Waals surface area (Å²) in [4.78, 5) is 17.4. The van der Waals surface area contributed by atoms with Gasteiger partial charge >= 0.3 is 0 Å². The van der Waals surface area contributed by atoms with Crippen molar-refractivity contribution in [3.8, 4) is 17.2 Å². The third-order valence-electron chi connectivity index (χ3n) is 4.87. The van der Waals surface area contributed by atoms with Crippen LogP contribution in [0.3, 0.4) is 0 Å². The monoisotopic (exact) mass is 378 g/mol. The van der Waals surface area contributed by atoms with E-state index in [0.29, 0.717) is 30.2 Å². The molecule has 4 rings (SSSR count). The van der Waals surface area contributed by atoms with Crippen LogP contribution in [0.5, 0.6) is 17.2 Å². The summed E-state index contributed by atoms with van der Waals surface area (Å²) in [7, 11) is 1.62. The van der Waals surface area contributed by atoms with E-state index in [0.717, 1.165) is 28.0 Å². The van der Waals surface area contributed by atoms with Crippen LogP contribution in [0.2, 0.25) is 0 Å². The summed E-state index contributed by atoms with van der Waals surface area (Å²) in [5.74, 6) is 2.02. The molecule has 1 aliphatic rings. The normalized spacial score (nSPS) is 13.8. The Morgan fingerprint density at radius 3 is 2.68 bits per heavy atom. The second-order valence-corrected chi connectivity index (χ2v) is 6.78. The van der Waals surface area contributed by atoms with Gasteiger partial charge in [-0.05, 0) is 49.7 Å². The van der Waals surface area contributed by atoms with Crippen molar-refractivity contribution in [3.05, 3.63) is 59.3 Å². The predicted molar refractivity (Wildman–Crippen MR) is 106 cm³/mol. The number of pyridine rings is 1. The van der Waals surface area contributed by atoms with Crippen molar-refractivity contribution in [1.82, 2.24) is 10.3 Å². The highest BCUT2D eigenvalue weighted by atomic mass is 16.6. The Labute approximate surface area is 163 Å². The van der Waals surface area contributed by atoms with E-state index in [1.54, 1.807) is 7.11 Å². The third-order valence-corrected chi connectivity index (χ3v) is 4.87. The fourth-order valence-electron chi connectivity index (χ4n) is 3.29. The topological polar surface area (TPSA) is 69.7 Å². The van der Waals surface area contributed by atoms with Crippen LogP contribution in [-0.4, -0.2) is 31.2 Å². The highest BCUT2D eigenvalue weighted by Gasteiger charge is 2.18.